The van der Waals surface area contributed by atoms with Crippen LogP contribution >= 0.6 is 15.9 Å². The van der Waals surface area contributed by atoms with Gasteiger partial charge in [-0.2, -0.15) is 5.10 Å². The van der Waals surface area contributed by atoms with Crippen LogP contribution in [0.5, 0.6) is 0 Å². The van der Waals surface area contributed by atoms with Gasteiger partial charge >= 0.3 is 0 Å². The Morgan fingerprint density at radius 3 is 2.59 bits per heavy atom. The van der Waals surface area contributed by atoms with E-state index >= 15 is 0 Å². The minimum atomic E-state index is -0.414. The highest BCUT2D eigenvalue weighted by molar-refractivity contribution is 9.10. The third-order valence-electron chi connectivity index (χ3n) is 4.03. The number of hydrazone groups is 1. The summed E-state index contributed by atoms with van der Waals surface area (Å²) < 4.78 is 6.16. The van der Waals surface area contributed by atoms with Crippen LogP contribution in [0.3, 0.4) is 0 Å². The van der Waals surface area contributed by atoms with Crippen molar-refractivity contribution in [2.45, 2.75) is 0 Å². The molecule has 0 atom stereocenters. The Labute approximate surface area is 164 Å². The highest BCUT2D eigenvalue weighted by Gasteiger charge is 2.21. The van der Waals surface area contributed by atoms with E-state index in [0.717, 1.165) is 4.47 Å². The fourth-order valence-electron chi connectivity index (χ4n) is 2.67. The second kappa shape index (κ2) is 8.74. The molecule has 0 aliphatic carbocycles. The molecule has 0 unspecified atom stereocenters. The summed E-state index contributed by atoms with van der Waals surface area (Å²) in [6.45, 7) is 2.31. The van der Waals surface area contributed by atoms with Crippen LogP contribution < -0.4 is 10.3 Å². The molecule has 0 spiro atoms. The molecule has 1 amide bonds. The van der Waals surface area contributed by atoms with Crippen molar-refractivity contribution in [2.75, 3.05) is 31.2 Å². The first kappa shape index (κ1) is 19.0. The van der Waals surface area contributed by atoms with Gasteiger partial charge in [0.15, 0.2) is 0 Å². The molecule has 0 radical (unpaired) electrons. The summed E-state index contributed by atoms with van der Waals surface area (Å²) in [5.41, 5.74) is 3.95. The third kappa shape index (κ3) is 4.89. The maximum absolute atomic E-state index is 12.0. The second-order valence-electron chi connectivity index (χ2n) is 5.81. The van der Waals surface area contributed by atoms with Crippen molar-refractivity contribution in [1.29, 1.82) is 0 Å². The molecule has 1 aliphatic heterocycles. The normalized spacial score (nSPS) is 14.3. The first-order chi connectivity index (χ1) is 13.0. The number of nitro benzene ring substituents is 1. The molecule has 140 valence electrons. The number of nitrogens with zero attached hydrogens (tertiary/aromatic N) is 3. The summed E-state index contributed by atoms with van der Waals surface area (Å²) in [4.78, 5) is 25.0. The number of rotatable bonds is 5. The van der Waals surface area contributed by atoms with Crippen LogP contribution in [0.1, 0.15) is 15.9 Å². The molecule has 0 aromatic heterocycles. The van der Waals surface area contributed by atoms with E-state index in [1.807, 2.05) is 4.90 Å². The van der Waals surface area contributed by atoms with E-state index in [9.17, 15) is 14.9 Å². The molecule has 27 heavy (non-hydrogen) atoms. The van der Waals surface area contributed by atoms with Crippen LogP contribution in [-0.2, 0) is 4.74 Å². The molecule has 1 fully saturated rings. The number of nitrogens with one attached hydrogen (secondary N) is 1. The molecule has 0 saturated carbocycles. The van der Waals surface area contributed by atoms with Crippen LogP contribution in [0.25, 0.3) is 0 Å². The lowest BCUT2D eigenvalue weighted by Gasteiger charge is -2.28. The van der Waals surface area contributed by atoms with Gasteiger partial charge in [-0.25, -0.2) is 5.43 Å². The van der Waals surface area contributed by atoms with Crippen LogP contribution in [0.4, 0.5) is 11.4 Å². The monoisotopic (exact) mass is 432 g/mol. The van der Waals surface area contributed by atoms with Gasteiger partial charge in [0.05, 0.1) is 24.4 Å². The van der Waals surface area contributed by atoms with Crippen molar-refractivity contribution >= 4 is 39.4 Å². The molecule has 2 aromatic carbocycles. The lowest BCUT2D eigenvalue weighted by atomic mass is 10.1. The summed E-state index contributed by atoms with van der Waals surface area (Å²) in [5, 5.41) is 15.3. The van der Waals surface area contributed by atoms with Crippen molar-refractivity contribution in [3.63, 3.8) is 0 Å². The van der Waals surface area contributed by atoms with Gasteiger partial charge in [0.1, 0.15) is 5.69 Å². The van der Waals surface area contributed by atoms with Crippen molar-refractivity contribution < 1.29 is 14.5 Å². The van der Waals surface area contributed by atoms with Gasteiger partial charge in [0, 0.05) is 34.8 Å². The van der Waals surface area contributed by atoms with Crippen LogP contribution in [0, 0.1) is 10.1 Å². The maximum Gasteiger partial charge on any atom is 0.293 e. The number of nitro groups is 1. The van der Waals surface area contributed by atoms with Gasteiger partial charge in [-0.15, -0.1) is 0 Å². The minimum Gasteiger partial charge on any atom is -0.378 e. The van der Waals surface area contributed by atoms with Crippen molar-refractivity contribution in [3.05, 3.63) is 68.2 Å². The molecule has 1 saturated heterocycles. The fourth-order valence-corrected chi connectivity index (χ4v) is 2.93. The van der Waals surface area contributed by atoms with Crippen molar-refractivity contribution in [3.8, 4) is 0 Å². The zero-order valence-corrected chi connectivity index (χ0v) is 15.9. The molecule has 1 N–H and O–H groups in total. The largest absolute Gasteiger partial charge is 0.378 e. The van der Waals surface area contributed by atoms with Gasteiger partial charge in [-0.1, -0.05) is 22.0 Å². The van der Waals surface area contributed by atoms with Gasteiger partial charge in [-0.05, 0) is 30.3 Å². The van der Waals surface area contributed by atoms with Gasteiger partial charge in [0.25, 0.3) is 11.6 Å². The molecule has 1 heterocycles. The number of hydrogen-bond donors (Lipinski definition) is 1. The lowest BCUT2D eigenvalue weighted by molar-refractivity contribution is -0.384. The predicted octanol–water partition coefficient (Wildman–Crippen LogP) is 2.96. The van der Waals surface area contributed by atoms with Crippen LogP contribution in [-0.4, -0.2) is 43.3 Å². The molecule has 1 aliphatic rings. The summed E-state index contributed by atoms with van der Waals surface area (Å²) >= 11 is 3.30. The standard InChI is InChI=1S/C18H17BrN4O4/c19-15-4-2-14(3-5-15)18(24)21-20-12-13-1-6-16(17(11-13)23(25)26)22-7-9-27-10-8-22/h1-6,11-12H,7-10H2,(H,21,24)/b20-12+. The molecule has 9 heteroatoms. The quantitative estimate of drug-likeness (QED) is 0.444. The smallest absolute Gasteiger partial charge is 0.293 e. The van der Waals surface area contributed by atoms with Gasteiger partial charge in [0.2, 0.25) is 0 Å². The van der Waals surface area contributed by atoms with Gasteiger partial charge in [-0.3, -0.25) is 14.9 Å². The van der Waals surface area contributed by atoms with Crippen LogP contribution in [0.15, 0.2) is 52.0 Å². The Morgan fingerprint density at radius 2 is 1.93 bits per heavy atom. The number of morpholine rings is 1. The van der Waals surface area contributed by atoms with E-state index < -0.39 is 4.92 Å². The molecular formula is C18H17BrN4O4. The molecule has 0 bridgehead atoms. The molecule has 2 aromatic rings. The first-order valence-electron chi connectivity index (χ1n) is 8.25. The molecule has 8 nitrogen and oxygen atoms in total. The number of carbonyl (C=O) groups excluding carboxylic acids is 1. The average molecular weight is 433 g/mol. The van der Waals surface area contributed by atoms with Crippen LogP contribution in [0.2, 0.25) is 0 Å². The van der Waals surface area contributed by atoms with Crippen molar-refractivity contribution in [2.24, 2.45) is 5.10 Å². The second-order valence-corrected chi connectivity index (χ2v) is 6.73. The van der Waals surface area contributed by atoms with E-state index in [1.54, 1.807) is 36.4 Å². The summed E-state index contributed by atoms with van der Waals surface area (Å²) in [5.74, 6) is -0.363. The minimum absolute atomic E-state index is 0.0000797. The molecular weight excluding hydrogens is 416 g/mol. The van der Waals surface area contributed by atoms with Gasteiger partial charge < -0.3 is 9.64 Å². The summed E-state index contributed by atoms with van der Waals surface area (Å²) in [7, 11) is 0. The maximum atomic E-state index is 12.0. The van der Waals surface area contributed by atoms with E-state index in [4.69, 9.17) is 4.74 Å². The first-order valence-corrected chi connectivity index (χ1v) is 9.04. The Bertz CT molecular complexity index is 864. The number of hydrogen-bond acceptors (Lipinski definition) is 6. The average Bonchev–Trinajstić information content (AvgIpc) is 2.69. The van der Waals surface area contributed by atoms with E-state index in [-0.39, 0.29) is 11.6 Å². The summed E-state index contributed by atoms with van der Waals surface area (Å²) in [6.07, 6.45) is 1.38. The lowest BCUT2D eigenvalue weighted by Crippen LogP contribution is -2.36. The number of halogens is 1. The fraction of sp³-hybridized carbons (Fsp3) is 0.222. The zero-order valence-electron chi connectivity index (χ0n) is 14.3. The molecule has 3 rings (SSSR count). The number of amides is 1. The van der Waals surface area contributed by atoms with E-state index in [2.05, 4.69) is 26.5 Å². The SMILES string of the molecule is O=C(N/N=C/c1ccc(N2CCOCC2)c([N+](=O)[O-])c1)c1ccc(Br)cc1. The third-order valence-corrected chi connectivity index (χ3v) is 4.56. The Hall–Kier alpha value is -2.78. The highest BCUT2D eigenvalue weighted by atomic mass is 79.9. The van der Waals surface area contributed by atoms with E-state index in [0.29, 0.717) is 43.1 Å². The Morgan fingerprint density at radius 1 is 1.22 bits per heavy atom. The number of carbonyl (C=O) groups is 1. The zero-order chi connectivity index (χ0) is 19.2. The number of benzene rings is 2. The van der Waals surface area contributed by atoms with Crippen molar-refractivity contribution in [1.82, 2.24) is 5.43 Å². The van der Waals surface area contributed by atoms with E-state index in [1.165, 1.54) is 12.3 Å². The number of anilines is 1. The Kier molecular flexibility index (Phi) is 6.15. The number of ether oxygens (including phenoxy) is 1. The predicted molar refractivity (Wildman–Crippen MR) is 105 cm³/mol. The topological polar surface area (TPSA) is 97.1 Å². The highest BCUT2D eigenvalue weighted by Crippen LogP contribution is 2.29. The summed E-state index contributed by atoms with van der Waals surface area (Å²) in [6, 6.07) is 11.7. The Balaban J connectivity index is 1.71.